The van der Waals surface area contributed by atoms with Crippen LogP contribution in [0, 0.1) is 5.82 Å². The maximum atomic E-state index is 13.6. The number of carbonyl (C=O) groups excluding carboxylic acids is 1. The minimum atomic E-state index is -3.91. The number of hydrogen-bond donors (Lipinski definition) is 2. The van der Waals surface area contributed by atoms with Crippen molar-refractivity contribution in [1.29, 1.82) is 0 Å². The summed E-state index contributed by atoms with van der Waals surface area (Å²) in [4.78, 5) is 11.4. The van der Waals surface area contributed by atoms with Gasteiger partial charge in [0.25, 0.3) is 0 Å². The molecule has 0 saturated carbocycles. The van der Waals surface area contributed by atoms with E-state index >= 15 is 0 Å². The number of rotatable bonds is 6. The molecule has 1 aliphatic heterocycles. The minimum absolute atomic E-state index is 0.123. The van der Waals surface area contributed by atoms with Gasteiger partial charge in [-0.15, -0.1) is 0 Å². The summed E-state index contributed by atoms with van der Waals surface area (Å²) in [5, 5.41) is 3.13. The number of ether oxygens (including phenoxy) is 1. The van der Waals surface area contributed by atoms with Crippen molar-refractivity contribution in [2.45, 2.75) is 18.2 Å². The van der Waals surface area contributed by atoms with Gasteiger partial charge in [-0.05, 0) is 38.1 Å². The van der Waals surface area contributed by atoms with Crippen LogP contribution < -0.4 is 10.0 Å². The largest absolute Gasteiger partial charge is 0.462 e. The van der Waals surface area contributed by atoms with Gasteiger partial charge in [0.05, 0.1) is 17.1 Å². The van der Waals surface area contributed by atoms with E-state index in [0.717, 1.165) is 36.7 Å². The molecule has 0 bridgehead atoms. The van der Waals surface area contributed by atoms with Crippen LogP contribution >= 0.6 is 0 Å². The van der Waals surface area contributed by atoms with Crippen molar-refractivity contribution in [3.8, 4) is 0 Å². The van der Waals surface area contributed by atoms with Gasteiger partial charge in [-0.3, -0.25) is 0 Å². The van der Waals surface area contributed by atoms with Crippen molar-refractivity contribution in [2.75, 3.05) is 26.2 Å². The van der Waals surface area contributed by atoms with E-state index < -0.39 is 21.8 Å². The zero-order valence-corrected chi connectivity index (χ0v) is 13.6. The monoisotopic (exact) mass is 342 g/mol. The average Bonchev–Trinajstić information content (AvgIpc) is 2.54. The summed E-state index contributed by atoms with van der Waals surface area (Å²) in [7, 11) is -3.91. The second-order valence-corrected chi connectivity index (χ2v) is 6.80. The zero-order valence-electron chi connectivity index (χ0n) is 12.8. The molecule has 1 aromatic rings. The smallest absolute Gasteiger partial charge is 0.338 e. The third-order valence-electron chi connectivity index (χ3n) is 3.34. The summed E-state index contributed by atoms with van der Waals surface area (Å²) in [5.74, 6) is -1.57. The van der Waals surface area contributed by atoms with Gasteiger partial charge in [0, 0.05) is 13.1 Å². The summed E-state index contributed by atoms with van der Waals surface area (Å²) in [6, 6.07) is 2.94. The molecule has 0 fully saturated rings. The molecule has 0 aromatic heterocycles. The van der Waals surface area contributed by atoms with E-state index in [2.05, 4.69) is 10.0 Å². The lowest BCUT2D eigenvalue weighted by Gasteiger charge is -2.15. The molecule has 2 rings (SSSR count). The fraction of sp³-hybridized carbons (Fsp3) is 0.400. The highest BCUT2D eigenvalue weighted by atomic mass is 32.2. The number of carbonyl (C=O) groups is 1. The third kappa shape index (κ3) is 4.85. The van der Waals surface area contributed by atoms with E-state index in [0.29, 0.717) is 6.54 Å². The van der Waals surface area contributed by atoms with Gasteiger partial charge < -0.3 is 10.1 Å². The van der Waals surface area contributed by atoms with Gasteiger partial charge in [-0.25, -0.2) is 22.3 Å². The van der Waals surface area contributed by atoms with E-state index in [-0.39, 0.29) is 23.6 Å². The Morgan fingerprint density at radius 2 is 2.17 bits per heavy atom. The van der Waals surface area contributed by atoms with Crippen LogP contribution in [0.15, 0.2) is 34.7 Å². The fourth-order valence-electron chi connectivity index (χ4n) is 2.15. The Labute approximate surface area is 134 Å². The van der Waals surface area contributed by atoms with Crippen LogP contribution in [0.1, 0.15) is 23.7 Å². The van der Waals surface area contributed by atoms with Gasteiger partial charge in [0.15, 0.2) is 0 Å². The summed E-state index contributed by atoms with van der Waals surface area (Å²) in [5.41, 5.74) is 0.836. The fourth-order valence-corrected chi connectivity index (χ4v) is 3.24. The first-order valence-electron chi connectivity index (χ1n) is 7.28. The number of benzene rings is 1. The molecular weight excluding hydrogens is 323 g/mol. The Kier molecular flexibility index (Phi) is 5.86. The Balaban J connectivity index is 2.18. The summed E-state index contributed by atoms with van der Waals surface area (Å²) in [6.45, 7) is 3.39. The summed E-state index contributed by atoms with van der Waals surface area (Å²) in [6.07, 6.45) is 2.67. The molecule has 8 heteroatoms. The normalized spacial score (nSPS) is 15.1. The van der Waals surface area contributed by atoms with Crippen LogP contribution in [0.3, 0.4) is 0 Å². The number of esters is 1. The molecule has 0 saturated heterocycles. The van der Waals surface area contributed by atoms with E-state index in [1.807, 2.05) is 6.08 Å². The van der Waals surface area contributed by atoms with Crippen LogP contribution in [0.5, 0.6) is 0 Å². The predicted octanol–water partition coefficient (Wildman–Crippen LogP) is 1.20. The lowest BCUT2D eigenvalue weighted by molar-refractivity contribution is 0.0525. The molecule has 23 heavy (non-hydrogen) atoms. The maximum Gasteiger partial charge on any atom is 0.338 e. The second-order valence-electron chi connectivity index (χ2n) is 5.04. The lowest BCUT2D eigenvalue weighted by atomic mass is 10.1. The van der Waals surface area contributed by atoms with Crippen molar-refractivity contribution in [3.05, 3.63) is 41.2 Å². The highest BCUT2D eigenvalue weighted by Crippen LogP contribution is 2.16. The van der Waals surface area contributed by atoms with Gasteiger partial charge >= 0.3 is 5.97 Å². The second kappa shape index (κ2) is 7.67. The number of sulfonamides is 1. The molecule has 6 nitrogen and oxygen atoms in total. The average molecular weight is 342 g/mol. The SMILES string of the molecule is CCOC(=O)c1cc(F)cc(S(=O)(=O)NCC2=CCNCC2)c1. The van der Waals surface area contributed by atoms with Gasteiger partial charge in [0.1, 0.15) is 5.82 Å². The molecular formula is C15H19FN2O4S. The van der Waals surface area contributed by atoms with Crippen molar-refractivity contribution in [1.82, 2.24) is 10.0 Å². The molecule has 0 radical (unpaired) electrons. The number of halogens is 1. The van der Waals surface area contributed by atoms with Crippen LogP contribution in [0.4, 0.5) is 4.39 Å². The van der Waals surface area contributed by atoms with Crippen LogP contribution in [0.2, 0.25) is 0 Å². The van der Waals surface area contributed by atoms with Crippen molar-refractivity contribution >= 4 is 16.0 Å². The standard InChI is InChI=1S/C15H19FN2O4S/c1-2-22-15(19)12-7-13(16)9-14(8-12)23(20,21)18-10-11-3-5-17-6-4-11/h3,7-9,17-18H,2,4-6,10H2,1H3. The van der Waals surface area contributed by atoms with Crippen molar-refractivity contribution < 1.29 is 22.3 Å². The van der Waals surface area contributed by atoms with Crippen LogP contribution in [-0.2, 0) is 14.8 Å². The highest BCUT2D eigenvalue weighted by Gasteiger charge is 2.19. The first kappa shape index (κ1) is 17.6. The molecule has 0 unspecified atom stereocenters. The molecule has 1 heterocycles. The first-order chi connectivity index (χ1) is 10.9. The topological polar surface area (TPSA) is 84.5 Å². The Hall–Kier alpha value is -1.77. The van der Waals surface area contributed by atoms with E-state index in [1.165, 1.54) is 0 Å². The Morgan fingerprint density at radius 3 is 2.83 bits per heavy atom. The van der Waals surface area contributed by atoms with E-state index in [1.54, 1.807) is 6.92 Å². The maximum absolute atomic E-state index is 13.6. The van der Waals surface area contributed by atoms with Crippen molar-refractivity contribution in [3.63, 3.8) is 0 Å². The quantitative estimate of drug-likeness (QED) is 0.599. The minimum Gasteiger partial charge on any atom is -0.462 e. The molecule has 0 aliphatic carbocycles. The first-order valence-corrected chi connectivity index (χ1v) is 8.76. The van der Waals surface area contributed by atoms with Crippen molar-refractivity contribution in [2.24, 2.45) is 0 Å². The molecule has 2 N–H and O–H groups in total. The number of nitrogens with one attached hydrogen (secondary N) is 2. The number of hydrogen-bond acceptors (Lipinski definition) is 5. The van der Waals surface area contributed by atoms with Gasteiger partial charge in [0.2, 0.25) is 10.0 Å². The summed E-state index contributed by atoms with van der Waals surface area (Å²) < 4.78 is 45.4. The zero-order chi connectivity index (χ0) is 16.9. The van der Waals surface area contributed by atoms with Gasteiger partial charge in [-0.2, -0.15) is 0 Å². The van der Waals surface area contributed by atoms with Gasteiger partial charge in [-0.1, -0.05) is 11.6 Å². The molecule has 1 aliphatic rings. The third-order valence-corrected chi connectivity index (χ3v) is 4.72. The van der Waals surface area contributed by atoms with E-state index in [9.17, 15) is 17.6 Å². The van der Waals surface area contributed by atoms with Crippen LogP contribution in [-0.4, -0.2) is 40.6 Å². The van der Waals surface area contributed by atoms with Crippen LogP contribution in [0.25, 0.3) is 0 Å². The summed E-state index contributed by atoms with van der Waals surface area (Å²) >= 11 is 0. The molecule has 0 atom stereocenters. The molecule has 0 spiro atoms. The Morgan fingerprint density at radius 1 is 1.39 bits per heavy atom. The molecule has 126 valence electrons. The molecule has 0 amide bonds. The lowest BCUT2D eigenvalue weighted by Crippen LogP contribution is -2.30. The highest BCUT2D eigenvalue weighted by molar-refractivity contribution is 7.89. The Bertz CT molecular complexity index is 716. The predicted molar refractivity (Wildman–Crippen MR) is 83.1 cm³/mol. The van der Waals surface area contributed by atoms with E-state index in [4.69, 9.17) is 4.74 Å². The molecule has 1 aromatic carbocycles.